The Morgan fingerprint density at radius 3 is 2.57 bits per heavy atom. The van der Waals surface area contributed by atoms with E-state index in [1.807, 2.05) is 45.2 Å². The van der Waals surface area contributed by atoms with Crippen molar-refractivity contribution in [2.24, 2.45) is 0 Å². The molecule has 35 heavy (non-hydrogen) atoms. The molecular weight excluding hydrogens is 438 g/mol. The minimum Gasteiger partial charge on any atom is -0.493 e. The molecule has 0 unspecified atom stereocenters. The van der Waals surface area contributed by atoms with E-state index in [0.717, 1.165) is 70.0 Å². The zero-order chi connectivity index (χ0) is 24.3. The van der Waals surface area contributed by atoms with E-state index in [4.69, 9.17) is 14.5 Å². The Bertz CT molecular complexity index is 1490. The molecule has 1 aliphatic carbocycles. The topological polar surface area (TPSA) is 68.7 Å². The molecule has 1 N–H and O–H groups in total. The predicted molar refractivity (Wildman–Crippen MR) is 137 cm³/mol. The first-order valence-corrected chi connectivity index (χ1v) is 12.3. The van der Waals surface area contributed by atoms with E-state index in [-0.39, 0.29) is 0 Å². The molecule has 4 aromatic rings. The van der Waals surface area contributed by atoms with Gasteiger partial charge in [-0.2, -0.15) is 0 Å². The SMILES string of the molecule is CC(C)(C)O[C@H](C(=O)O)c1c2c(c3ccccc3c1-c1ccc3c4c(ccnc14)CCO3)CCC2. The van der Waals surface area contributed by atoms with Crippen molar-refractivity contribution in [3.63, 3.8) is 0 Å². The van der Waals surface area contributed by atoms with Gasteiger partial charge in [0.25, 0.3) is 0 Å². The van der Waals surface area contributed by atoms with Crippen LogP contribution in [0.25, 0.3) is 32.8 Å². The van der Waals surface area contributed by atoms with Crippen molar-refractivity contribution in [1.29, 1.82) is 0 Å². The number of pyridine rings is 1. The maximum atomic E-state index is 12.8. The van der Waals surface area contributed by atoms with E-state index < -0.39 is 17.7 Å². The summed E-state index contributed by atoms with van der Waals surface area (Å²) in [6.45, 7) is 6.38. The molecule has 3 aromatic carbocycles. The van der Waals surface area contributed by atoms with Gasteiger partial charge < -0.3 is 14.6 Å². The van der Waals surface area contributed by atoms with Crippen LogP contribution in [0.15, 0.2) is 48.7 Å². The number of hydrogen-bond acceptors (Lipinski definition) is 4. The van der Waals surface area contributed by atoms with E-state index in [0.29, 0.717) is 6.61 Å². The Morgan fingerprint density at radius 2 is 1.80 bits per heavy atom. The Morgan fingerprint density at radius 1 is 1.03 bits per heavy atom. The Hall–Kier alpha value is -3.44. The molecule has 0 saturated carbocycles. The molecule has 0 radical (unpaired) electrons. The lowest BCUT2D eigenvalue weighted by atomic mass is 9.83. The van der Waals surface area contributed by atoms with Crippen LogP contribution < -0.4 is 4.74 Å². The lowest BCUT2D eigenvalue weighted by Crippen LogP contribution is -2.28. The molecule has 2 aliphatic rings. The number of aliphatic carboxylic acids is 1. The number of carboxylic acid groups (broad SMARTS) is 1. The van der Waals surface area contributed by atoms with Gasteiger partial charge in [0, 0.05) is 29.1 Å². The van der Waals surface area contributed by atoms with Gasteiger partial charge in [-0.1, -0.05) is 24.3 Å². The number of hydrogen-bond donors (Lipinski definition) is 1. The smallest absolute Gasteiger partial charge is 0.337 e. The van der Waals surface area contributed by atoms with E-state index in [1.165, 1.54) is 16.5 Å². The summed E-state index contributed by atoms with van der Waals surface area (Å²) in [6.07, 6.45) is 4.40. The van der Waals surface area contributed by atoms with Gasteiger partial charge in [0.1, 0.15) is 5.75 Å². The normalized spacial score (nSPS) is 15.7. The summed E-state index contributed by atoms with van der Waals surface area (Å²) in [7, 11) is 0. The van der Waals surface area contributed by atoms with Crippen LogP contribution in [0.5, 0.6) is 5.75 Å². The lowest BCUT2D eigenvalue weighted by Gasteiger charge is -2.30. The molecule has 0 fully saturated rings. The van der Waals surface area contributed by atoms with Crippen LogP contribution in [-0.2, 0) is 28.8 Å². The zero-order valence-electron chi connectivity index (χ0n) is 20.4. The highest BCUT2D eigenvalue weighted by Gasteiger charge is 2.35. The number of nitrogens with zero attached hydrogens (tertiary/aromatic N) is 1. The van der Waals surface area contributed by atoms with E-state index >= 15 is 0 Å². The van der Waals surface area contributed by atoms with Crippen molar-refractivity contribution in [3.05, 3.63) is 70.9 Å². The third-order valence-corrected chi connectivity index (χ3v) is 7.13. The molecule has 5 nitrogen and oxygen atoms in total. The summed E-state index contributed by atoms with van der Waals surface area (Å²) in [5.74, 6) is -0.129. The van der Waals surface area contributed by atoms with Crippen LogP contribution in [0.2, 0.25) is 0 Å². The third kappa shape index (κ3) is 3.57. The molecule has 0 amide bonds. The van der Waals surface area contributed by atoms with Gasteiger partial charge in [0.15, 0.2) is 6.10 Å². The van der Waals surface area contributed by atoms with Gasteiger partial charge in [-0.15, -0.1) is 0 Å². The number of benzene rings is 3. The lowest BCUT2D eigenvalue weighted by molar-refractivity contribution is -0.160. The van der Waals surface area contributed by atoms with E-state index in [2.05, 4.69) is 24.3 Å². The van der Waals surface area contributed by atoms with Gasteiger partial charge in [-0.05, 0) is 91.3 Å². The molecule has 6 rings (SSSR count). The van der Waals surface area contributed by atoms with Crippen molar-refractivity contribution in [3.8, 4) is 16.9 Å². The molecule has 1 aromatic heterocycles. The number of aryl methyl sites for hydroxylation is 1. The molecule has 178 valence electrons. The second-order valence-electron chi connectivity index (χ2n) is 10.5. The highest BCUT2D eigenvalue weighted by atomic mass is 16.5. The van der Waals surface area contributed by atoms with Crippen LogP contribution >= 0.6 is 0 Å². The third-order valence-electron chi connectivity index (χ3n) is 7.13. The number of ether oxygens (including phenoxy) is 2. The zero-order valence-corrected chi connectivity index (χ0v) is 20.4. The second kappa shape index (κ2) is 8.06. The van der Waals surface area contributed by atoms with Gasteiger partial charge in [0.2, 0.25) is 0 Å². The molecule has 1 atom stereocenters. The van der Waals surface area contributed by atoms with Crippen LogP contribution in [0.3, 0.4) is 0 Å². The minimum atomic E-state index is -1.08. The molecule has 1 aliphatic heterocycles. The van der Waals surface area contributed by atoms with Crippen LogP contribution in [0.1, 0.15) is 55.5 Å². The monoisotopic (exact) mass is 467 g/mol. The molecule has 0 bridgehead atoms. The first-order chi connectivity index (χ1) is 16.8. The summed E-state index contributed by atoms with van der Waals surface area (Å²) < 4.78 is 12.2. The maximum Gasteiger partial charge on any atom is 0.337 e. The quantitative estimate of drug-likeness (QED) is 0.375. The summed E-state index contributed by atoms with van der Waals surface area (Å²) in [5.41, 5.74) is 6.44. The first-order valence-electron chi connectivity index (χ1n) is 12.3. The Labute approximate surface area is 204 Å². The number of aromatic nitrogens is 1. The Balaban J connectivity index is 1.76. The van der Waals surface area contributed by atoms with Crippen molar-refractivity contribution in [2.45, 2.75) is 58.2 Å². The fourth-order valence-electron chi connectivity index (χ4n) is 5.87. The highest BCUT2D eigenvalue weighted by Crippen LogP contribution is 2.48. The average molecular weight is 468 g/mol. The van der Waals surface area contributed by atoms with Crippen molar-refractivity contribution >= 4 is 27.6 Å². The van der Waals surface area contributed by atoms with Gasteiger partial charge in [0.05, 0.1) is 17.7 Å². The highest BCUT2D eigenvalue weighted by molar-refractivity contribution is 6.10. The maximum absolute atomic E-state index is 12.8. The van der Waals surface area contributed by atoms with E-state index in [1.54, 1.807) is 0 Å². The summed E-state index contributed by atoms with van der Waals surface area (Å²) in [5, 5.41) is 13.7. The predicted octanol–water partition coefficient (Wildman–Crippen LogP) is 6.42. The van der Waals surface area contributed by atoms with Crippen molar-refractivity contribution in [2.75, 3.05) is 6.61 Å². The summed E-state index contributed by atoms with van der Waals surface area (Å²) >= 11 is 0. The standard InChI is InChI=1S/C30H29NO4/c1-30(2,3)35-28(29(32)33)26-21-10-6-9-19(21)18-7-4-5-8-20(18)25(26)22-11-12-23-24-17(14-16-34-23)13-15-31-27(22)24/h4-5,7-8,11-13,15,28H,6,9-10,14,16H2,1-3H3,(H,32,33)/t28-/m0/s1. The fraction of sp³-hybridized carbons (Fsp3) is 0.333. The average Bonchev–Trinajstić information content (AvgIpc) is 3.32. The molecular formula is C30H29NO4. The largest absolute Gasteiger partial charge is 0.493 e. The molecule has 2 heterocycles. The van der Waals surface area contributed by atoms with Crippen molar-refractivity contribution < 1.29 is 19.4 Å². The minimum absolute atomic E-state index is 0.622. The first kappa shape index (κ1) is 22.1. The number of carboxylic acids is 1. The van der Waals surface area contributed by atoms with E-state index in [9.17, 15) is 9.90 Å². The van der Waals surface area contributed by atoms with Crippen LogP contribution in [0, 0.1) is 0 Å². The fourth-order valence-corrected chi connectivity index (χ4v) is 5.87. The Kier molecular flexibility index (Phi) is 5.08. The van der Waals surface area contributed by atoms with Crippen LogP contribution in [0.4, 0.5) is 0 Å². The van der Waals surface area contributed by atoms with Gasteiger partial charge in [-0.25, -0.2) is 4.79 Å². The number of carbonyl (C=O) groups is 1. The molecule has 0 saturated heterocycles. The second-order valence-corrected chi connectivity index (χ2v) is 10.5. The van der Waals surface area contributed by atoms with Crippen molar-refractivity contribution in [1.82, 2.24) is 4.98 Å². The number of fused-ring (bicyclic) bond motifs is 3. The summed E-state index contributed by atoms with van der Waals surface area (Å²) in [6, 6.07) is 14.5. The summed E-state index contributed by atoms with van der Waals surface area (Å²) in [4.78, 5) is 17.6. The van der Waals surface area contributed by atoms with Gasteiger partial charge >= 0.3 is 5.97 Å². The van der Waals surface area contributed by atoms with Crippen LogP contribution in [-0.4, -0.2) is 28.3 Å². The molecule has 0 spiro atoms. The number of rotatable bonds is 4. The molecule has 5 heteroatoms. The van der Waals surface area contributed by atoms with Gasteiger partial charge in [-0.3, -0.25) is 4.98 Å².